The van der Waals surface area contributed by atoms with Crippen LogP contribution in [0.3, 0.4) is 0 Å². The maximum atomic E-state index is 11.5. The van der Waals surface area contributed by atoms with Gasteiger partial charge < -0.3 is 9.84 Å². The van der Waals surface area contributed by atoms with Crippen molar-refractivity contribution in [2.24, 2.45) is 5.41 Å². The Balaban J connectivity index is 2.46. The SMILES string of the molecule is COCCCCC1(C(=O)O)CCCCCC1. The van der Waals surface area contributed by atoms with E-state index in [1.54, 1.807) is 7.11 Å². The monoisotopic (exact) mass is 228 g/mol. The second-order valence-corrected chi connectivity index (χ2v) is 4.95. The zero-order chi connectivity index (χ0) is 11.9. The summed E-state index contributed by atoms with van der Waals surface area (Å²) in [6.45, 7) is 0.746. The highest BCUT2D eigenvalue weighted by Crippen LogP contribution is 2.39. The molecular formula is C13H24O3. The van der Waals surface area contributed by atoms with Gasteiger partial charge in [0.15, 0.2) is 0 Å². The third kappa shape index (κ3) is 3.78. The molecule has 1 rings (SSSR count). The van der Waals surface area contributed by atoms with Gasteiger partial charge in [-0.15, -0.1) is 0 Å². The smallest absolute Gasteiger partial charge is 0.309 e. The molecule has 1 fully saturated rings. The predicted octanol–water partition coefficient (Wildman–Crippen LogP) is 3.23. The Hall–Kier alpha value is -0.570. The first-order valence-corrected chi connectivity index (χ1v) is 6.44. The van der Waals surface area contributed by atoms with E-state index >= 15 is 0 Å². The van der Waals surface area contributed by atoms with Crippen LogP contribution in [0.25, 0.3) is 0 Å². The van der Waals surface area contributed by atoms with Crippen LogP contribution in [0.5, 0.6) is 0 Å². The zero-order valence-corrected chi connectivity index (χ0v) is 10.3. The van der Waals surface area contributed by atoms with Gasteiger partial charge in [-0.2, -0.15) is 0 Å². The van der Waals surface area contributed by atoms with Gasteiger partial charge in [0.1, 0.15) is 0 Å². The minimum Gasteiger partial charge on any atom is -0.481 e. The number of aliphatic carboxylic acids is 1. The van der Waals surface area contributed by atoms with Gasteiger partial charge in [-0.05, 0) is 25.7 Å². The van der Waals surface area contributed by atoms with Gasteiger partial charge in [0.05, 0.1) is 5.41 Å². The predicted molar refractivity (Wildman–Crippen MR) is 63.5 cm³/mol. The molecule has 0 spiro atoms. The van der Waals surface area contributed by atoms with Gasteiger partial charge in [0.25, 0.3) is 0 Å². The Morgan fingerprint density at radius 3 is 2.31 bits per heavy atom. The van der Waals surface area contributed by atoms with Crippen molar-refractivity contribution in [2.75, 3.05) is 13.7 Å². The molecule has 1 aliphatic rings. The molecule has 16 heavy (non-hydrogen) atoms. The lowest BCUT2D eigenvalue weighted by molar-refractivity contribution is -0.150. The topological polar surface area (TPSA) is 46.5 Å². The zero-order valence-electron chi connectivity index (χ0n) is 10.3. The van der Waals surface area contributed by atoms with Crippen molar-refractivity contribution in [3.63, 3.8) is 0 Å². The first-order chi connectivity index (χ1) is 7.71. The van der Waals surface area contributed by atoms with E-state index in [9.17, 15) is 9.90 Å². The normalized spacial score (nSPS) is 20.3. The van der Waals surface area contributed by atoms with Crippen LogP contribution in [0, 0.1) is 5.41 Å². The maximum Gasteiger partial charge on any atom is 0.309 e. The number of carboxylic acid groups (broad SMARTS) is 1. The van der Waals surface area contributed by atoms with E-state index in [-0.39, 0.29) is 0 Å². The van der Waals surface area contributed by atoms with E-state index in [1.165, 1.54) is 12.8 Å². The largest absolute Gasteiger partial charge is 0.481 e. The number of carboxylic acids is 1. The Morgan fingerprint density at radius 1 is 1.19 bits per heavy atom. The number of hydrogen-bond donors (Lipinski definition) is 1. The molecule has 0 aliphatic heterocycles. The molecule has 1 N–H and O–H groups in total. The summed E-state index contributed by atoms with van der Waals surface area (Å²) in [5, 5.41) is 9.44. The average molecular weight is 228 g/mol. The standard InChI is InChI=1S/C13H24O3/c1-16-11-7-6-10-13(12(14)15)8-4-2-3-5-9-13/h2-11H2,1H3,(H,14,15). The first-order valence-electron chi connectivity index (χ1n) is 6.44. The van der Waals surface area contributed by atoms with Crippen LogP contribution in [-0.4, -0.2) is 24.8 Å². The van der Waals surface area contributed by atoms with Crippen molar-refractivity contribution >= 4 is 5.97 Å². The molecule has 3 nitrogen and oxygen atoms in total. The number of methoxy groups -OCH3 is 1. The lowest BCUT2D eigenvalue weighted by Gasteiger charge is -2.27. The first kappa shape index (κ1) is 13.5. The summed E-state index contributed by atoms with van der Waals surface area (Å²) in [6.07, 6.45) is 9.08. The molecule has 1 saturated carbocycles. The van der Waals surface area contributed by atoms with Crippen molar-refractivity contribution in [2.45, 2.75) is 57.8 Å². The van der Waals surface area contributed by atoms with Crippen molar-refractivity contribution in [3.05, 3.63) is 0 Å². The Morgan fingerprint density at radius 2 is 1.81 bits per heavy atom. The number of hydrogen-bond acceptors (Lipinski definition) is 2. The number of rotatable bonds is 6. The quantitative estimate of drug-likeness (QED) is 0.561. The van der Waals surface area contributed by atoms with Gasteiger partial charge in [-0.1, -0.05) is 32.1 Å². The minimum absolute atomic E-state index is 0.426. The lowest BCUT2D eigenvalue weighted by atomic mass is 9.76. The highest BCUT2D eigenvalue weighted by molar-refractivity contribution is 5.74. The summed E-state index contributed by atoms with van der Waals surface area (Å²) in [5.74, 6) is -0.577. The summed E-state index contributed by atoms with van der Waals surface area (Å²) >= 11 is 0. The highest BCUT2D eigenvalue weighted by Gasteiger charge is 2.37. The maximum absolute atomic E-state index is 11.5. The van der Waals surface area contributed by atoms with Gasteiger partial charge in [0.2, 0.25) is 0 Å². The van der Waals surface area contributed by atoms with Crippen molar-refractivity contribution in [1.29, 1.82) is 0 Å². The second-order valence-electron chi connectivity index (χ2n) is 4.95. The Bertz CT molecular complexity index is 205. The van der Waals surface area contributed by atoms with Crippen LogP contribution in [0.15, 0.2) is 0 Å². The summed E-state index contributed by atoms with van der Waals surface area (Å²) in [4.78, 5) is 11.5. The summed E-state index contributed by atoms with van der Waals surface area (Å²) in [6, 6.07) is 0. The average Bonchev–Trinajstić information content (AvgIpc) is 2.51. The molecule has 0 amide bonds. The fourth-order valence-corrected chi connectivity index (χ4v) is 2.69. The van der Waals surface area contributed by atoms with Crippen molar-refractivity contribution in [3.8, 4) is 0 Å². The fraction of sp³-hybridized carbons (Fsp3) is 0.923. The molecule has 0 unspecified atom stereocenters. The molecule has 0 saturated heterocycles. The van der Waals surface area contributed by atoms with Crippen molar-refractivity contribution in [1.82, 2.24) is 0 Å². The molecule has 94 valence electrons. The lowest BCUT2D eigenvalue weighted by Crippen LogP contribution is -2.30. The van der Waals surface area contributed by atoms with Crippen LogP contribution in [0.1, 0.15) is 57.8 Å². The Labute approximate surface area is 98.2 Å². The van der Waals surface area contributed by atoms with Gasteiger partial charge in [-0.25, -0.2) is 0 Å². The molecule has 1 aliphatic carbocycles. The molecule has 0 aromatic rings. The van der Waals surface area contributed by atoms with Crippen LogP contribution < -0.4 is 0 Å². The van der Waals surface area contributed by atoms with E-state index in [4.69, 9.17) is 4.74 Å². The van der Waals surface area contributed by atoms with E-state index in [2.05, 4.69) is 0 Å². The molecule has 0 radical (unpaired) electrons. The van der Waals surface area contributed by atoms with Gasteiger partial charge in [-0.3, -0.25) is 4.79 Å². The number of ether oxygens (including phenoxy) is 1. The number of unbranched alkanes of at least 4 members (excludes halogenated alkanes) is 1. The van der Waals surface area contributed by atoms with E-state index in [0.717, 1.165) is 51.6 Å². The van der Waals surface area contributed by atoms with Crippen LogP contribution in [0.4, 0.5) is 0 Å². The van der Waals surface area contributed by atoms with Crippen molar-refractivity contribution < 1.29 is 14.6 Å². The van der Waals surface area contributed by atoms with Crippen LogP contribution >= 0.6 is 0 Å². The Kier molecular flexibility index (Phi) is 5.81. The molecule has 0 heterocycles. The highest BCUT2D eigenvalue weighted by atomic mass is 16.5. The fourth-order valence-electron chi connectivity index (χ4n) is 2.69. The minimum atomic E-state index is -0.577. The van der Waals surface area contributed by atoms with Crippen LogP contribution in [-0.2, 0) is 9.53 Å². The molecule has 0 aromatic heterocycles. The van der Waals surface area contributed by atoms with E-state index in [0.29, 0.717) is 0 Å². The van der Waals surface area contributed by atoms with Crippen LogP contribution in [0.2, 0.25) is 0 Å². The van der Waals surface area contributed by atoms with Gasteiger partial charge in [0, 0.05) is 13.7 Å². The van der Waals surface area contributed by atoms with Gasteiger partial charge >= 0.3 is 5.97 Å². The summed E-state index contributed by atoms with van der Waals surface area (Å²) < 4.78 is 5.00. The molecule has 0 bridgehead atoms. The molecule has 3 heteroatoms. The molecule has 0 aromatic carbocycles. The third-order valence-corrected chi connectivity index (χ3v) is 3.77. The van der Waals surface area contributed by atoms with E-state index < -0.39 is 11.4 Å². The molecular weight excluding hydrogens is 204 g/mol. The summed E-state index contributed by atoms with van der Waals surface area (Å²) in [7, 11) is 1.69. The summed E-state index contributed by atoms with van der Waals surface area (Å²) in [5.41, 5.74) is -0.426. The third-order valence-electron chi connectivity index (χ3n) is 3.77. The number of carbonyl (C=O) groups is 1. The molecule has 0 atom stereocenters. The second kappa shape index (κ2) is 6.89. The van der Waals surface area contributed by atoms with E-state index in [1.807, 2.05) is 0 Å².